The van der Waals surface area contributed by atoms with Crippen LogP contribution in [0.1, 0.15) is 15.9 Å². The predicted octanol–water partition coefficient (Wildman–Crippen LogP) is 4.42. The Hall–Kier alpha value is -2.68. The van der Waals surface area contributed by atoms with Gasteiger partial charge in [-0.15, -0.1) is 0 Å². The molecular formula is C22H21BrN2O4S. The Morgan fingerprint density at radius 1 is 0.967 bits per heavy atom. The molecule has 0 aliphatic rings. The van der Waals surface area contributed by atoms with Crippen LogP contribution >= 0.6 is 15.9 Å². The molecule has 3 aromatic carbocycles. The number of nitrogens with one attached hydrogen (secondary N) is 1. The van der Waals surface area contributed by atoms with Gasteiger partial charge in [-0.25, -0.2) is 12.7 Å². The van der Waals surface area contributed by atoms with Crippen LogP contribution in [0.15, 0.2) is 82.2 Å². The number of hydrogen-bond acceptors (Lipinski definition) is 4. The van der Waals surface area contributed by atoms with E-state index in [4.69, 9.17) is 4.74 Å². The molecule has 6 nitrogen and oxygen atoms in total. The van der Waals surface area contributed by atoms with Gasteiger partial charge in [0.05, 0.1) is 4.90 Å². The van der Waals surface area contributed by atoms with Gasteiger partial charge in [0.25, 0.3) is 5.91 Å². The highest BCUT2D eigenvalue weighted by Crippen LogP contribution is 2.25. The lowest BCUT2D eigenvalue weighted by atomic mass is 10.2. The molecule has 8 heteroatoms. The van der Waals surface area contributed by atoms with Crippen molar-refractivity contribution in [2.45, 2.75) is 11.4 Å². The second-order valence-corrected chi connectivity index (χ2v) is 9.65. The summed E-state index contributed by atoms with van der Waals surface area (Å²) in [6.07, 6.45) is 0. The van der Waals surface area contributed by atoms with E-state index in [0.29, 0.717) is 16.8 Å². The van der Waals surface area contributed by atoms with Crippen LogP contribution in [0.3, 0.4) is 0 Å². The van der Waals surface area contributed by atoms with Crippen LogP contribution in [-0.2, 0) is 16.6 Å². The molecule has 0 saturated heterocycles. The molecular weight excluding hydrogens is 468 g/mol. The number of ether oxygens (including phenoxy) is 1. The first-order chi connectivity index (χ1) is 14.3. The third-order valence-corrected chi connectivity index (χ3v) is 7.12. The summed E-state index contributed by atoms with van der Waals surface area (Å²) in [6, 6.07) is 21.3. The maximum atomic E-state index is 12.5. The van der Waals surface area contributed by atoms with Gasteiger partial charge in [-0.2, -0.15) is 0 Å². The number of carbonyl (C=O) groups is 1. The first kappa shape index (κ1) is 22.0. The van der Waals surface area contributed by atoms with E-state index >= 15 is 0 Å². The van der Waals surface area contributed by atoms with Crippen LogP contribution < -0.4 is 10.1 Å². The standard InChI is InChI=1S/C22H21BrN2O4S/c1-25(2)30(27,28)21-14-17(10-13-20(21)23)22(26)24-15-16-8-11-19(12-9-16)29-18-6-4-3-5-7-18/h3-14H,15H2,1-2H3,(H,24,26). The molecule has 0 radical (unpaired) electrons. The van der Waals surface area contributed by atoms with Gasteiger partial charge in [0, 0.05) is 30.7 Å². The van der Waals surface area contributed by atoms with E-state index in [1.54, 1.807) is 12.1 Å². The average Bonchev–Trinajstić information content (AvgIpc) is 2.74. The summed E-state index contributed by atoms with van der Waals surface area (Å²) in [4.78, 5) is 12.6. The smallest absolute Gasteiger partial charge is 0.251 e. The summed E-state index contributed by atoms with van der Waals surface area (Å²) in [6.45, 7) is 0.302. The fourth-order valence-corrected chi connectivity index (χ4v) is 4.47. The summed E-state index contributed by atoms with van der Waals surface area (Å²) >= 11 is 3.24. The predicted molar refractivity (Wildman–Crippen MR) is 119 cm³/mol. The van der Waals surface area contributed by atoms with Crippen LogP contribution in [-0.4, -0.2) is 32.7 Å². The molecule has 0 atom stereocenters. The van der Waals surface area contributed by atoms with Gasteiger partial charge >= 0.3 is 0 Å². The Morgan fingerprint density at radius 2 is 1.60 bits per heavy atom. The van der Waals surface area contributed by atoms with Crippen molar-refractivity contribution < 1.29 is 17.9 Å². The molecule has 156 valence electrons. The molecule has 0 bridgehead atoms. The number of nitrogens with zero attached hydrogens (tertiary/aromatic N) is 1. The summed E-state index contributed by atoms with van der Waals surface area (Å²) < 4.78 is 32.1. The largest absolute Gasteiger partial charge is 0.457 e. The van der Waals surface area contributed by atoms with Crippen molar-refractivity contribution in [3.63, 3.8) is 0 Å². The number of para-hydroxylation sites is 1. The SMILES string of the molecule is CN(C)S(=O)(=O)c1cc(C(=O)NCc2ccc(Oc3ccccc3)cc2)ccc1Br. The summed E-state index contributed by atoms with van der Waals surface area (Å²) in [5.74, 6) is 1.09. The molecule has 0 unspecified atom stereocenters. The minimum absolute atomic E-state index is 0.0440. The molecule has 0 aliphatic carbocycles. The third kappa shape index (κ3) is 5.27. The van der Waals surface area contributed by atoms with Crippen LogP contribution in [0.25, 0.3) is 0 Å². The van der Waals surface area contributed by atoms with Crippen LogP contribution in [0.4, 0.5) is 0 Å². The zero-order valence-electron chi connectivity index (χ0n) is 16.5. The van der Waals surface area contributed by atoms with Crippen molar-refractivity contribution in [1.29, 1.82) is 0 Å². The molecule has 1 N–H and O–H groups in total. The van der Waals surface area contributed by atoms with Crippen LogP contribution in [0.2, 0.25) is 0 Å². The van der Waals surface area contributed by atoms with Crippen molar-refractivity contribution in [3.05, 3.63) is 88.4 Å². The normalized spacial score (nSPS) is 11.3. The van der Waals surface area contributed by atoms with Crippen molar-refractivity contribution in [2.24, 2.45) is 0 Å². The highest BCUT2D eigenvalue weighted by Gasteiger charge is 2.22. The van der Waals surface area contributed by atoms with Gasteiger partial charge in [-0.3, -0.25) is 4.79 Å². The quantitative estimate of drug-likeness (QED) is 0.533. The monoisotopic (exact) mass is 488 g/mol. The molecule has 30 heavy (non-hydrogen) atoms. The maximum absolute atomic E-state index is 12.5. The van der Waals surface area contributed by atoms with E-state index in [2.05, 4.69) is 21.2 Å². The van der Waals surface area contributed by atoms with E-state index in [1.807, 2.05) is 54.6 Å². The van der Waals surface area contributed by atoms with Crippen molar-refractivity contribution in [3.8, 4) is 11.5 Å². The third-order valence-electron chi connectivity index (χ3n) is 4.31. The van der Waals surface area contributed by atoms with E-state index in [0.717, 1.165) is 15.6 Å². The number of carbonyl (C=O) groups excluding carboxylic acids is 1. The lowest BCUT2D eigenvalue weighted by Gasteiger charge is -2.14. The topological polar surface area (TPSA) is 75.7 Å². The Balaban J connectivity index is 1.66. The fraction of sp³-hybridized carbons (Fsp3) is 0.136. The molecule has 0 spiro atoms. The van der Waals surface area contributed by atoms with Crippen LogP contribution in [0.5, 0.6) is 11.5 Å². The first-order valence-electron chi connectivity index (χ1n) is 9.09. The van der Waals surface area contributed by atoms with Crippen molar-refractivity contribution >= 4 is 31.9 Å². The zero-order chi connectivity index (χ0) is 21.7. The lowest BCUT2D eigenvalue weighted by molar-refractivity contribution is 0.0950. The Morgan fingerprint density at radius 3 is 2.23 bits per heavy atom. The summed E-state index contributed by atoms with van der Waals surface area (Å²) in [5, 5.41) is 2.81. The van der Waals surface area contributed by atoms with Crippen molar-refractivity contribution in [1.82, 2.24) is 9.62 Å². The molecule has 0 aromatic heterocycles. The number of sulfonamides is 1. The average molecular weight is 489 g/mol. The van der Waals surface area contributed by atoms with E-state index in [1.165, 1.54) is 20.2 Å². The molecule has 0 fully saturated rings. The molecule has 3 aromatic rings. The van der Waals surface area contributed by atoms with E-state index in [-0.39, 0.29) is 16.4 Å². The minimum atomic E-state index is -3.67. The van der Waals surface area contributed by atoms with Crippen LogP contribution in [0, 0.1) is 0 Å². The minimum Gasteiger partial charge on any atom is -0.457 e. The van der Waals surface area contributed by atoms with E-state index < -0.39 is 10.0 Å². The molecule has 1 amide bonds. The maximum Gasteiger partial charge on any atom is 0.251 e. The number of hydrogen-bond donors (Lipinski definition) is 1. The zero-order valence-corrected chi connectivity index (χ0v) is 18.9. The van der Waals surface area contributed by atoms with Crippen molar-refractivity contribution in [2.75, 3.05) is 14.1 Å². The van der Waals surface area contributed by atoms with Gasteiger partial charge in [0.15, 0.2) is 0 Å². The highest BCUT2D eigenvalue weighted by atomic mass is 79.9. The highest BCUT2D eigenvalue weighted by molar-refractivity contribution is 9.10. The second-order valence-electron chi connectivity index (χ2n) is 6.67. The Labute approximate surface area is 184 Å². The first-order valence-corrected chi connectivity index (χ1v) is 11.3. The van der Waals surface area contributed by atoms with Gasteiger partial charge in [-0.1, -0.05) is 30.3 Å². The number of benzene rings is 3. The van der Waals surface area contributed by atoms with Gasteiger partial charge in [0.2, 0.25) is 10.0 Å². The van der Waals surface area contributed by atoms with Gasteiger partial charge in [-0.05, 0) is 64.0 Å². The summed E-state index contributed by atoms with van der Waals surface area (Å²) in [5.41, 5.74) is 1.16. The summed E-state index contributed by atoms with van der Waals surface area (Å²) in [7, 11) is -0.781. The molecule has 0 saturated carbocycles. The Kier molecular flexibility index (Phi) is 6.91. The second kappa shape index (κ2) is 9.42. The molecule has 3 rings (SSSR count). The molecule has 0 aliphatic heterocycles. The van der Waals surface area contributed by atoms with Gasteiger partial charge in [0.1, 0.15) is 11.5 Å². The van der Waals surface area contributed by atoms with E-state index in [9.17, 15) is 13.2 Å². The number of amides is 1. The number of halogens is 1. The molecule has 0 heterocycles. The number of rotatable bonds is 7. The fourth-order valence-electron chi connectivity index (χ4n) is 2.62. The lowest BCUT2D eigenvalue weighted by Crippen LogP contribution is -2.25. The van der Waals surface area contributed by atoms with Gasteiger partial charge < -0.3 is 10.1 Å². The Bertz CT molecular complexity index is 1130.